The fourth-order valence-electron chi connectivity index (χ4n) is 1.78. The second kappa shape index (κ2) is 5.15. The van der Waals surface area contributed by atoms with Crippen LogP contribution in [0.25, 0.3) is 5.69 Å². The highest BCUT2D eigenvalue weighted by Gasteiger charge is 2.37. The van der Waals surface area contributed by atoms with Crippen molar-refractivity contribution in [3.8, 4) is 11.4 Å². The van der Waals surface area contributed by atoms with Gasteiger partial charge in [-0.05, 0) is 25.1 Å². The summed E-state index contributed by atoms with van der Waals surface area (Å²) in [5.41, 5.74) is -1.21. The molecule has 1 aromatic carbocycles. The lowest BCUT2D eigenvalue weighted by Gasteiger charge is -2.12. The summed E-state index contributed by atoms with van der Waals surface area (Å²) in [6, 6.07) is 6.82. The summed E-state index contributed by atoms with van der Waals surface area (Å²) in [7, 11) is 1.34. The number of para-hydroxylation sites is 2. The molecule has 0 bridgehead atoms. The Morgan fingerprint density at radius 3 is 2.45 bits per heavy atom. The van der Waals surface area contributed by atoms with Gasteiger partial charge in [-0.25, -0.2) is 9.07 Å². The van der Waals surface area contributed by atoms with Gasteiger partial charge in [0, 0.05) is 0 Å². The van der Waals surface area contributed by atoms with Crippen molar-refractivity contribution in [2.45, 2.75) is 19.3 Å². The number of hydrogen-bond acceptors (Lipinski definition) is 2. The fraction of sp³-hybridized carbons (Fsp3) is 0.308. The first-order valence-electron chi connectivity index (χ1n) is 5.79. The molecule has 1 atom stereocenters. The molecule has 2 rings (SSSR count). The van der Waals surface area contributed by atoms with Crippen molar-refractivity contribution in [1.29, 1.82) is 0 Å². The predicted molar refractivity (Wildman–Crippen MR) is 64.6 cm³/mol. The molecule has 0 fully saturated rings. The average Bonchev–Trinajstić information content (AvgIpc) is 2.83. The summed E-state index contributed by atoms with van der Waals surface area (Å²) in [4.78, 5) is 0. The summed E-state index contributed by atoms with van der Waals surface area (Å²) in [5, 5.41) is 3.70. The van der Waals surface area contributed by atoms with E-state index in [1.54, 1.807) is 12.1 Å². The number of alkyl halides is 4. The van der Waals surface area contributed by atoms with E-state index in [9.17, 15) is 17.6 Å². The van der Waals surface area contributed by atoms with Crippen LogP contribution in [-0.4, -0.2) is 16.9 Å². The molecule has 20 heavy (non-hydrogen) atoms. The van der Waals surface area contributed by atoms with Crippen molar-refractivity contribution in [1.82, 2.24) is 9.78 Å². The van der Waals surface area contributed by atoms with Gasteiger partial charge in [-0.15, -0.1) is 0 Å². The largest absolute Gasteiger partial charge is 0.494 e. The molecule has 0 aliphatic rings. The minimum Gasteiger partial charge on any atom is -0.494 e. The van der Waals surface area contributed by atoms with Gasteiger partial charge in [-0.1, -0.05) is 12.1 Å². The fourth-order valence-corrected chi connectivity index (χ4v) is 1.78. The number of hydrogen-bond donors (Lipinski definition) is 0. The van der Waals surface area contributed by atoms with Crippen LogP contribution in [0, 0.1) is 0 Å². The van der Waals surface area contributed by atoms with Gasteiger partial charge in [-0.3, -0.25) is 0 Å². The van der Waals surface area contributed by atoms with Gasteiger partial charge in [-0.2, -0.15) is 18.3 Å². The van der Waals surface area contributed by atoms with Crippen LogP contribution in [0.1, 0.15) is 24.5 Å². The van der Waals surface area contributed by atoms with Crippen molar-refractivity contribution in [2.75, 3.05) is 7.11 Å². The number of halogens is 4. The Morgan fingerprint density at radius 1 is 1.25 bits per heavy atom. The smallest absolute Gasteiger partial charge is 0.433 e. The van der Waals surface area contributed by atoms with Crippen LogP contribution in [0.3, 0.4) is 0 Å². The first kappa shape index (κ1) is 14.4. The zero-order valence-corrected chi connectivity index (χ0v) is 10.8. The molecule has 0 aliphatic carbocycles. The second-order valence-corrected chi connectivity index (χ2v) is 4.15. The molecule has 0 spiro atoms. The van der Waals surface area contributed by atoms with Crippen molar-refractivity contribution >= 4 is 0 Å². The van der Waals surface area contributed by atoms with Crippen LogP contribution in [0.5, 0.6) is 5.75 Å². The van der Waals surface area contributed by atoms with E-state index in [4.69, 9.17) is 4.74 Å². The standard InChI is InChI=1S/C13H12F4N2O/c1-8(14)9-7-12(13(15,16)17)19(18-9)10-5-3-4-6-11(10)20-2/h3-8H,1-2H3. The summed E-state index contributed by atoms with van der Waals surface area (Å²) >= 11 is 0. The molecule has 2 aromatic rings. The van der Waals surface area contributed by atoms with Gasteiger partial charge in [0.1, 0.15) is 23.3 Å². The summed E-state index contributed by atoms with van der Waals surface area (Å²) < 4.78 is 58.0. The SMILES string of the molecule is COc1ccccc1-n1nc(C(C)F)cc1C(F)(F)F. The van der Waals surface area contributed by atoms with Gasteiger partial charge >= 0.3 is 6.18 Å². The Bertz CT molecular complexity index is 605. The molecule has 0 saturated heterocycles. The maximum absolute atomic E-state index is 13.2. The molecular weight excluding hydrogens is 276 g/mol. The molecule has 1 unspecified atom stereocenters. The van der Waals surface area contributed by atoms with Crippen molar-refractivity contribution in [2.24, 2.45) is 0 Å². The predicted octanol–water partition coefficient (Wildman–Crippen LogP) is 3.93. The number of nitrogens with zero attached hydrogens (tertiary/aromatic N) is 2. The topological polar surface area (TPSA) is 27.1 Å². The van der Waals surface area contributed by atoms with E-state index in [-0.39, 0.29) is 17.1 Å². The number of methoxy groups -OCH3 is 1. The number of aromatic nitrogens is 2. The third kappa shape index (κ3) is 2.61. The van der Waals surface area contributed by atoms with Gasteiger partial charge in [0.15, 0.2) is 0 Å². The Labute approximate surface area is 112 Å². The molecule has 3 nitrogen and oxygen atoms in total. The quantitative estimate of drug-likeness (QED) is 0.800. The van der Waals surface area contributed by atoms with Crippen LogP contribution >= 0.6 is 0 Å². The molecule has 0 N–H and O–H groups in total. The van der Waals surface area contributed by atoms with Crippen LogP contribution in [0.15, 0.2) is 30.3 Å². The summed E-state index contributed by atoms with van der Waals surface area (Å²) in [5.74, 6) is 0.221. The third-order valence-electron chi connectivity index (χ3n) is 2.74. The Morgan fingerprint density at radius 2 is 1.90 bits per heavy atom. The maximum atomic E-state index is 13.2. The van der Waals surface area contributed by atoms with Crippen LogP contribution < -0.4 is 4.74 Å². The monoisotopic (exact) mass is 288 g/mol. The van der Waals surface area contributed by atoms with E-state index >= 15 is 0 Å². The van der Waals surface area contributed by atoms with Crippen LogP contribution in [0.2, 0.25) is 0 Å². The highest BCUT2D eigenvalue weighted by molar-refractivity contribution is 5.47. The molecule has 0 saturated carbocycles. The van der Waals surface area contributed by atoms with Crippen molar-refractivity contribution in [3.05, 3.63) is 41.7 Å². The Hall–Kier alpha value is -2.05. The number of benzene rings is 1. The molecule has 1 aromatic heterocycles. The molecule has 0 radical (unpaired) electrons. The average molecular weight is 288 g/mol. The first-order chi connectivity index (χ1) is 9.34. The van der Waals surface area contributed by atoms with E-state index in [1.807, 2.05) is 0 Å². The lowest BCUT2D eigenvalue weighted by atomic mass is 10.2. The maximum Gasteiger partial charge on any atom is 0.433 e. The zero-order chi connectivity index (χ0) is 14.9. The van der Waals surface area contributed by atoms with Crippen molar-refractivity contribution in [3.63, 3.8) is 0 Å². The normalized spacial score (nSPS) is 13.3. The van der Waals surface area contributed by atoms with E-state index in [0.29, 0.717) is 10.7 Å². The highest BCUT2D eigenvalue weighted by Crippen LogP contribution is 2.35. The zero-order valence-electron chi connectivity index (χ0n) is 10.8. The molecule has 0 aliphatic heterocycles. The van der Waals surface area contributed by atoms with Gasteiger partial charge in [0.25, 0.3) is 0 Å². The third-order valence-corrected chi connectivity index (χ3v) is 2.74. The Kier molecular flexibility index (Phi) is 3.69. The van der Waals surface area contributed by atoms with E-state index in [1.165, 1.54) is 19.2 Å². The Balaban J connectivity index is 2.66. The highest BCUT2D eigenvalue weighted by atomic mass is 19.4. The van der Waals surface area contributed by atoms with Gasteiger partial charge < -0.3 is 4.74 Å². The van der Waals surface area contributed by atoms with Crippen molar-refractivity contribution < 1.29 is 22.3 Å². The van der Waals surface area contributed by atoms with Gasteiger partial charge in [0.2, 0.25) is 0 Å². The number of ether oxygens (including phenoxy) is 1. The van der Waals surface area contributed by atoms with E-state index in [2.05, 4.69) is 5.10 Å². The number of rotatable bonds is 3. The molecule has 108 valence electrons. The van der Waals surface area contributed by atoms with Crippen LogP contribution in [-0.2, 0) is 6.18 Å². The minimum atomic E-state index is -4.64. The van der Waals surface area contributed by atoms with Crippen LogP contribution in [0.4, 0.5) is 17.6 Å². The molecule has 1 heterocycles. The molecule has 0 amide bonds. The van der Waals surface area contributed by atoms with Gasteiger partial charge in [0.05, 0.1) is 12.8 Å². The lowest BCUT2D eigenvalue weighted by Crippen LogP contribution is -2.13. The molecule has 7 heteroatoms. The first-order valence-corrected chi connectivity index (χ1v) is 5.79. The lowest BCUT2D eigenvalue weighted by molar-refractivity contribution is -0.142. The summed E-state index contributed by atoms with van der Waals surface area (Å²) in [6.07, 6.45) is -6.23. The minimum absolute atomic E-state index is 0.106. The second-order valence-electron chi connectivity index (χ2n) is 4.15. The summed E-state index contributed by atoms with van der Waals surface area (Å²) in [6.45, 7) is 1.13. The molecular formula is C13H12F4N2O. The van der Waals surface area contributed by atoms with E-state index < -0.39 is 18.0 Å². The van der Waals surface area contributed by atoms with E-state index in [0.717, 1.165) is 6.92 Å².